The average Bonchev–Trinajstić information content (AvgIpc) is 3.12. The molecule has 0 aromatic heterocycles. The fourth-order valence-electron chi connectivity index (χ4n) is 4.46. The Labute approximate surface area is 318 Å². The van der Waals surface area contributed by atoms with E-state index in [4.69, 9.17) is 11.5 Å². The van der Waals surface area contributed by atoms with Crippen molar-refractivity contribution >= 4 is 43.2 Å². The lowest BCUT2D eigenvalue weighted by molar-refractivity contribution is -0.385. The van der Waals surface area contributed by atoms with Gasteiger partial charge in [0, 0.05) is 63.5 Å². The maximum Gasteiger partial charge on any atom is 0.471 e. The molecule has 0 radical (unpaired) electrons. The Bertz CT molecular complexity index is 1800. The van der Waals surface area contributed by atoms with Crippen molar-refractivity contribution in [3.05, 3.63) is 68.8 Å². The van der Waals surface area contributed by atoms with Crippen molar-refractivity contribution in [2.24, 2.45) is 11.5 Å². The van der Waals surface area contributed by atoms with Crippen molar-refractivity contribution in [3.63, 3.8) is 0 Å². The number of nitrogens with two attached hydrogens (primary N) is 2. The zero-order valence-corrected chi connectivity index (χ0v) is 31.3. The number of nitrogens with zero attached hydrogens (tertiary/aromatic N) is 4. The molecule has 0 saturated heterocycles. The highest BCUT2D eigenvalue weighted by molar-refractivity contribution is 7.89. The van der Waals surface area contributed by atoms with Crippen molar-refractivity contribution in [3.8, 4) is 0 Å². The second-order valence-corrected chi connectivity index (χ2v) is 15.4. The number of sulfonamides is 2. The van der Waals surface area contributed by atoms with Gasteiger partial charge in [-0.3, -0.25) is 29.8 Å². The highest BCUT2D eigenvalue weighted by Gasteiger charge is 2.39. The van der Waals surface area contributed by atoms with Crippen molar-refractivity contribution < 1.29 is 62.6 Å². The van der Waals surface area contributed by atoms with Crippen LogP contribution < -0.4 is 22.1 Å². The highest BCUT2D eigenvalue weighted by atomic mass is 32.2. The molecular formula is C30H42F6N8O10S2. The Morgan fingerprint density at radius 3 is 1.23 bits per heavy atom. The predicted molar refractivity (Wildman–Crippen MR) is 188 cm³/mol. The quantitative estimate of drug-likeness (QED) is 0.0577. The molecule has 26 heteroatoms. The number of halogens is 6. The molecule has 0 aliphatic carbocycles. The van der Waals surface area contributed by atoms with Gasteiger partial charge in [-0.25, -0.2) is 16.8 Å². The summed E-state index contributed by atoms with van der Waals surface area (Å²) >= 11 is 0. The number of nitro groups is 2. The molecule has 6 N–H and O–H groups in total. The summed E-state index contributed by atoms with van der Waals surface area (Å²) in [7, 11) is -7.97. The monoisotopic (exact) mass is 852 g/mol. The number of hydrogen-bond acceptors (Lipinski definition) is 12. The number of rotatable bonds is 22. The molecule has 18 nitrogen and oxygen atoms in total. The second-order valence-electron chi connectivity index (χ2n) is 11.5. The first-order valence-corrected chi connectivity index (χ1v) is 19.5. The van der Waals surface area contributed by atoms with Crippen LogP contribution in [0.1, 0.15) is 38.5 Å². The Morgan fingerprint density at radius 1 is 0.571 bits per heavy atom. The Hall–Kier alpha value is -4.50. The maximum atomic E-state index is 12.9. The van der Waals surface area contributed by atoms with Gasteiger partial charge in [-0.1, -0.05) is 0 Å². The van der Waals surface area contributed by atoms with E-state index in [2.05, 4.69) is 0 Å². The van der Waals surface area contributed by atoms with Crippen LogP contribution in [0.4, 0.5) is 37.7 Å². The van der Waals surface area contributed by atoms with Gasteiger partial charge in [0.1, 0.15) is 0 Å². The fraction of sp³-hybridized carbons (Fsp3) is 0.533. The van der Waals surface area contributed by atoms with Gasteiger partial charge < -0.3 is 22.1 Å². The largest absolute Gasteiger partial charge is 0.471 e. The average molecular weight is 853 g/mol. The molecule has 2 aromatic rings. The molecule has 2 rings (SSSR count). The summed E-state index contributed by atoms with van der Waals surface area (Å²) in [4.78, 5) is 41.4. The van der Waals surface area contributed by atoms with Crippen LogP contribution in [0.5, 0.6) is 0 Å². The molecule has 0 atom stereocenters. The van der Waals surface area contributed by atoms with E-state index in [-0.39, 0.29) is 53.5 Å². The van der Waals surface area contributed by atoms with Crippen LogP contribution in [-0.2, 0) is 29.6 Å². The van der Waals surface area contributed by atoms with Gasteiger partial charge in [0.05, 0.1) is 19.6 Å². The van der Waals surface area contributed by atoms with Crippen LogP contribution >= 0.6 is 0 Å². The Balaban J connectivity index is 0.000000614. The number of non-ortho nitro benzene ring substituents is 2. The van der Waals surface area contributed by atoms with Crippen molar-refractivity contribution in [2.75, 3.05) is 52.4 Å². The van der Waals surface area contributed by atoms with Gasteiger partial charge in [-0.05, 0) is 75.9 Å². The molecule has 316 valence electrons. The van der Waals surface area contributed by atoms with E-state index in [9.17, 15) is 73.0 Å². The molecular weight excluding hydrogens is 810 g/mol. The summed E-state index contributed by atoms with van der Waals surface area (Å²) in [6, 6.07) is 8.66. The van der Waals surface area contributed by atoms with Crippen molar-refractivity contribution in [1.82, 2.24) is 19.2 Å². The molecule has 0 spiro atoms. The molecule has 0 aliphatic rings. The minimum atomic E-state index is -5.12. The highest BCUT2D eigenvalue weighted by Crippen LogP contribution is 2.22. The molecule has 0 heterocycles. The van der Waals surface area contributed by atoms with Gasteiger partial charge >= 0.3 is 24.2 Å². The lowest BCUT2D eigenvalue weighted by atomic mass is 10.3. The normalized spacial score (nSPS) is 12.2. The van der Waals surface area contributed by atoms with Crippen molar-refractivity contribution in [1.29, 1.82) is 0 Å². The van der Waals surface area contributed by atoms with Crippen molar-refractivity contribution in [2.45, 2.75) is 60.7 Å². The number of carbonyl (C=O) groups is 2. The topological polar surface area (TPSA) is 271 Å². The van der Waals surface area contributed by atoms with Gasteiger partial charge in [0.2, 0.25) is 20.0 Å². The maximum absolute atomic E-state index is 12.9. The van der Waals surface area contributed by atoms with E-state index >= 15 is 0 Å². The third kappa shape index (κ3) is 16.7. The number of carbonyl (C=O) groups excluding carboxylic acids is 2. The van der Waals surface area contributed by atoms with E-state index in [1.807, 2.05) is 0 Å². The lowest BCUT2D eigenvalue weighted by Gasteiger charge is -2.22. The smallest absolute Gasteiger partial charge is 0.348 e. The fourth-order valence-corrected chi connectivity index (χ4v) is 7.49. The molecule has 0 saturated carbocycles. The number of benzene rings is 2. The van der Waals surface area contributed by atoms with Gasteiger partial charge in [-0.2, -0.15) is 35.0 Å². The number of nitrogens with one attached hydrogen (secondary N) is 2. The van der Waals surface area contributed by atoms with E-state index < -0.39 is 67.1 Å². The number of nitro benzene ring substituents is 2. The number of unbranched alkanes of at least 4 members (excludes halogenated alkanes) is 2. The summed E-state index contributed by atoms with van der Waals surface area (Å²) in [6.45, 7) is -0.0130. The summed E-state index contributed by atoms with van der Waals surface area (Å²) in [5.74, 6) is -4.37. The minimum Gasteiger partial charge on any atom is -0.348 e. The van der Waals surface area contributed by atoms with Crippen LogP contribution in [0, 0.1) is 20.2 Å². The molecule has 0 fully saturated rings. The Kier molecular flexibility index (Phi) is 20.3. The van der Waals surface area contributed by atoms with Crippen LogP contribution in [0.15, 0.2) is 58.3 Å². The summed E-state index contributed by atoms with van der Waals surface area (Å²) in [6.07, 6.45) is -8.58. The first-order valence-electron chi connectivity index (χ1n) is 16.6. The lowest BCUT2D eigenvalue weighted by Crippen LogP contribution is -2.39. The number of hydrogen-bond donors (Lipinski definition) is 4. The van der Waals surface area contributed by atoms with E-state index in [0.717, 1.165) is 35.0 Å². The molecule has 56 heavy (non-hydrogen) atoms. The predicted octanol–water partition coefficient (Wildman–Crippen LogP) is 2.79. The van der Waals surface area contributed by atoms with E-state index in [1.165, 1.54) is 28.6 Å². The standard InChI is InChI=1S/C17H20F6N4O6S.C13H22N4O4S/c18-16(19,20)14(28)24-8-1-2-10-26(11-3-9-25-15(29)17(21,22)23)34(32,33)13-6-4-12(5-7-13)27(30)31;14-8-1-2-10-16(11-3-9-15)22(20,21)13-6-4-12(5-7-13)17(18)19/h4-7H,1-3,8-11H2,(H,24,28)(H,25,29);4-7H,1-3,8-11,14-15H2. The molecule has 0 aliphatic heterocycles. The van der Waals surface area contributed by atoms with Crippen LogP contribution in [0.3, 0.4) is 0 Å². The molecule has 0 bridgehead atoms. The van der Waals surface area contributed by atoms with Gasteiger partial charge in [0.15, 0.2) is 0 Å². The zero-order valence-electron chi connectivity index (χ0n) is 29.6. The number of alkyl halides is 6. The van der Waals surface area contributed by atoms with Crippen LogP contribution in [0.25, 0.3) is 0 Å². The zero-order chi connectivity index (χ0) is 42.7. The SMILES string of the molecule is NCCCCN(CCCN)S(=O)(=O)c1ccc([N+](=O)[O-])cc1.O=C(NCCCCN(CCCNC(=O)C(F)(F)F)S(=O)(=O)c1ccc([N+](=O)[O-])cc1)C(F)(F)F. The third-order valence-electron chi connectivity index (χ3n) is 7.35. The van der Waals surface area contributed by atoms with E-state index in [1.54, 1.807) is 10.6 Å². The molecule has 0 unspecified atom stereocenters. The van der Waals surface area contributed by atoms with Crippen LogP contribution in [-0.4, -0.2) is 112 Å². The first-order chi connectivity index (χ1) is 26.0. The van der Waals surface area contributed by atoms with E-state index in [0.29, 0.717) is 39.0 Å². The summed E-state index contributed by atoms with van der Waals surface area (Å²) in [5, 5.41) is 24.6. The molecule has 2 amide bonds. The first kappa shape index (κ1) is 49.5. The van der Waals surface area contributed by atoms with Gasteiger partial charge in [0.25, 0.3) is 11.4 Å². The summed E-state index contributed by atoms with van der Waals surface area (Å²) in [5.41, 5.74) is 10.3. The minimum absolute atomic E-state index is 0.0285. The number of amides is 2. The van der Waals surface area contributed by atoms with Crippen LogP contribution in [0.2, 0.25) is 0 Å². The van der Waals surface area contributed by atoms with Gasteiger partial charge in [-0.15, -0.1) is 0 Å². The summed E-state index contributed by atoms with van der Waals surface area (Å²) < 4.78 is 126. The second kappa shape index (κ2) is 22.9. The molecule has 2 aromatic carbocycles. The third-order valence-corrected chi connectivity index (χ3v) is 11.2. The Morgan fingerprint density at radius 2 is 0.893 bits per heavy atom.